The molecule has 0 fully saturated rings. The van der Waals surface area contributed by atoms with E-state index in [0.717, 1.165) is 127 Å². The summed E-state index contributed by atoms with van der Waals surface area (Å²) < 4.78 is 66.7. The van der Waals surface area contributed by atoms with E-state index in [9.17, 15) is 43.2 Å². The molecular formula is C74H127ClN2Na2O17P2S. The number of para-hydroxylation sites is 1. The number of hydrogen-bond acceptors (Lipinski definition) is 20. The monoisotopic (exact) mass is 1490 g/mol. The number of rotatable bonds is 62. The molecule has 3 rings (SSSR count). The number of carbonyl (C=O) groups excluding carboxylic acids is 4. The van der Waals surface area contributed by atoms with Crippen molar-refractivity contribution in [2.45, 2.75) is 319 Å². The molecule has 1 aliphatic rings. The Hall–Kier alpha value is -1.10. The third-order valence-corrected chi connectivity index (χ3v) is 19.9. The summed E-state index contributed by atoms with van der Waals surface area (Å²) in [5.41, 5.74) is 2.51. The van der Waals surface area contributed by atoms with Gasteiger partial charge in [-0.05, 0) is 83.1 Å². The molecule has 1 aliphatic heterocycles. The minimum absolute atomic E-state index is 0. The molecule has 25 heteroatoms. The van der Waals surface area contributed by atoms with Crippen LogP contribution < -0.4 is 73.8 Å². The number of benzene rings is 2. The molecule has 0 bridgehead atoms. The maximum absolute atomic E-state index is 12.8. The Bertz CT molecular complexity index is 2360. The second-order valence-electron chi connectivity index (χ2n) is 26.1. The Morgan fingerprint density at radius 1 is 0.455 bits per heavy atom. The molecule has 99 heavy (non-hydrogen) atoms. The van der Waals surface area contributed by atoms with E-state index >= 15 is 0 Å². The Morgan fingerprint density at radius 3 is 1.14 bits per heavy atom. The number of carbonyl (C=O) groups is 4. The van der Waals surface area contributed by atoms with Gasteiger partial charge in [-0.3, -0.25) is 28.3 Å². The van der Waals surface area contributed by atoms with Crippen LogP contribution in [0.3, 0.4) is 0 Å². The van der Waals surface area contributed by atoms with Crippen molar-refractivity contribution in [3.05, 3.63) is 47.5 Å². The second kappa shape index (κ2) is 64.1. The zero-order valence-electron chi connectivity index (χ0n) is 62.5. The molecule has 0 radical (unpaired) electrons. The third kappa shape index (κ3) is 54.2. The van der Waals surface area contributed by atoms with Crippen LogP contribution in [-0.2, 0) is 65.4 Å². The predicted octanol–water partition coefficient (Wildman–Crippen LogP) is 12.8. The molecule has 4 unspecified atom stereocenters. The Morgan fingerprint density at radius 2 is 0.778 bits per heavy atom. The molecule has 1 N–H and O–H groups in total. The number of anilines is 2. The second-order valence-corrected chi connectivity index (χ2v) is 30.5. The van der Waals surface area contributed by atoms with Gasteiger partial charge in [0.1, 0.15) is 19.3 Å². The van der Waals surface area contributed by atoms with E-state index < -0.39 is 97.5 Å². The summed E-state index contributed by atoms with van der Waals surface area (Å²) in [6.45, 7) is 6.45. The van der Waals surface area contributed by atoms with Crippen molar-refractivity contribution in [3.8, 4) is 0 Å². The largest absolute Gasteiger partial charge is 1.00 e. The van der Waals surface area contributed by atoms with Crippen LogP contribution in [0.25, 0.3) is 0 Å². The van der Waals surface area contributed by atoms with Crippen LogP contribution in [0.5, 0.6) is 0 Å². The molecule has 0 saturated heterocycles. The van der Waals surface area contributed by atoms with Gasteiger partial charge in [0.05, 0.1) is 37.8 Å². The fraction of sp³-hybridized carbons (Fsp3) is 0.784. The SMILES string of the molecule is CCCCCCCCCCCC(=O)OCC(COP(=O)([O-])OCC(O)COP(=O)([O-])OCC(COC(=O)CCCCCCCCCCC)OC(=O)CCCCCCCCCCC)OC(=O)CCCCCCCCCCC.CN(C)CCCN1c2ccccc2Sc2ccc(Cl)cc21.[Na+].[Na+]. The van der Waals surface area contributed by atoms with Crippen molar-refractivity contribution in [1.82, 2.24) is 4.90 Å². The summed E-state index contributed by atoms with van der Waals surface area (Å²) >= 11 is 8.03. The maximum Gasteiger partial charge on any atom is 1.00 e. The fourth-order valence-corrected chi connectivity index (χ4v) is 13.8. The molecule has 19 nitrogen and oxygen atoms in total. The van der Waals surface area contributed by atoms with Gasteiger partial charge in [0.25, 0.3) is 15.6 Å². The van der Waals surface area contributed by atoms with Crippen LogP contribution in [0.2, 0.25) is 5.02 Å². The summed E-state index contributed by atoms with van der Waals surface area (Å²) in [4.78, 5) is 83.5. The smallest absolute Gasteiger partial charge is 0.756 e. The molecule has 1 heterocycles. The van der Waals surface area contributed by atoms with E-state index in [2.05, 4.69) is 88.0 Å². The fourth-order valence-electron chi connectivity index (χ4n) is 11.0. The Labute approximate surface area is 651 Å². The number of esters is 4. The maximum atomic E-state index is 12.8. The predicted molar refractivity (Wildman–Crippen MR) is 386 cm³/mol. The molecule has 0 aromatic heterocycles. The standard InChI is InChI=1S/C57H110O17P2.C17H19ClN2S.2Na/c1-5-9-13-17-21-25-29-33-37-41-54(59)67-47-52(73-56(61)43-39-35-31-27-23-19-15-11-7-3)49-71-75(63,64)69-45-51(58)46-70-76(65,66)72-50-53(74-57(62)44-40-36-32-28-24-20-16-12-8-4)48-68-55(60)42-38-34-30-26-22-18-14-10-6-2;1-19(2)10-5-11-20-14-6-3-4-7-16(14)21-17-9-8-13(18)12-15(17)20;;/h51-53,58H,5-50H2,1-4H3,(H,63,64)(H,65,66);3-4,6-9,12H,5,10-11H2,1-2H3;;/q;;2*+1/p-2. The number of fused-ring (bicyclic) bond motifs is 2. The number of halogens is 1. The van der Waals surface area contributed by atoms with E-state index in [1.807, 2.05) is 17.8 Å². The number of phosphoric acid groups is 2. The summed E-state index contributed by atoms with van der Waals surface area (Å²) in [7, 11) is -6.16. The first-order valence-corrected chi connectivity index (χ1v) is 41.5. The summed E-state index contributed by atoms with van der Waals surface area (Å²) in [6.07, 6.45) is 35.4. The van der Waals surface area contributed by atoms with E-state index in [0.29, 0.717) is 25.7 Å². The molecule has 0 aliphatic carbocycles. The van der Waals surface area contributed by atoms with Gasteiger partial charge in [-0.25, -0.2) is 0 Å². The van der Waals surface area contributed by atoms with Crippen LogP contribution >= 0.6 is 39.0 Å². The third-order valence-electron chi connectivity index (χ3n) is 16.7. The summed E-state index contributed by atoms with van der Waals surface area (Å²) in [5, 5.41) is 11.2. The van der Waals surface area contributed by atoms with Crippen molar-refractivity contribution in [1.29, 1.82) is 0 Å². The number of ether oxygens (including phenoxy) is 4. The van der Waals surface area contributed by atoms with Crippen LogP contribution in [0.4, 0.5) is 11.4 Å². The number of aliphatic hydroxyl groups is 1. The Balaban J connectivity index is 0.00000348. The van der Waals surface area contributed by atoms with Crippen molar-refractivity contribution in [3.63, 3.8) is 0 Å². The number of aliphatic hydroxyl groups excluding tert-OH is 1. The van der Waals surface area contributed by atoms with Crippen LogP contribution in [0.1, 0.15) is 291 Å². The van der Waals surface area contributed by atoms with E-state index in [1.165, 1.54) is 124 Å². The van der Waals surface area contributed by atoms with Crippen LogP contribution in [0.15, 0.2) is 52.3 Å². The first-order valence-electron chi connectivity index (χ1n) is 37.4. The minimum Gasteiger partial charge on any atom is -0.756 e. The van der Waals surface area contributed by atoms with Gasteiger partial charge < -0.3 is 61.7 Å². The molecular weight excluding hydrogens is 1360 g/mol. The first kappa shape index (κ1) is 97.9. The molecule has 2 aromatic rings. The Kier molecular flexibility index (Phi) is 63.4. The molecule has 0 spiro atoms. The van der Waals surface area contributed by atoms with Gasteiger partial charge in [0, 0.05) is 47.0 Å². The van der Waals surface area contributed by atoms with Crippen molar-refractivity contribution in [2.24, 2.45) is 0 Å². The van der Waals surface area contributed by atoms with Gasteiger partial charge in [0.15, 0.2) is 12.2 Å². The van der Waals surface area contributed by atoms with Crippen molar-refractivity contribution >= 4 is 74.3 Å². The number of phosphoric ester groups is 2. The molecule has 0 saturated carbocycles. The van der Waals surface area contributed by atoms with Crippen molar-refractivity contribution in [2.75, 3.05) is 71.7 Å². The zero-order valence-corrected chi connectivity index (χ0v) is 69.8. The minimum atomic E-state index is -5.20. The quantitative estimate of drug-likeness (QED) is 0.0212. The van der Waals surface area contributed by atoms with E-state index in [1.54, 1.807) is 0 Å². The van der Waals surface area contributed by atoms with Crippen molar-refractivity contribution < 1.29 is 139 Å². The molecule has 4 atom stereocenters. The summed E-state index contributed by atoms with van der Waals surface area (Å²) in [5.74, 6) is -2.24. The average Bonchev–Trinajstić information content (AvgIpc) is 0.776. The number of nitrogens with zero attached hydrogens (tertiary/aromatic N) is 2. The average molecular weight is 1490 g/mol. The van der Waals surface area contributed by atoms with Crippen LogP contribution in [0, 0.1) is 0 Å². The van der Waals surface area contributed by atoms with Gasteiger partial charge in [-0.1, -0.05) is 269 Å². The van der Waals surface area contributed by atoms with E-state index in [-0.39, 0.29) is 84.8 Å². The first-order chi connectivity index (χ1) is 46.8. The van der Waals surface area contributed by atoms with Gasteiger partial charge in [-0.2, -0.15) is 0 Å². The van der Waals surface area contributed by atoms with Gasteiger partial charge in [-0.15, -0.1) is 0 Å². The molecule has 560 valence electrons. The number of unbranched alkanes of at least 4 members (excludes halogenated alkanes) is 32. The van der Waals surface area contributed by atoms with Gasteiger partial charge in [0.2, 0.25) is 0 Å². The normalized spacial score (nSPS) is 13.8. The zero-order chi connectivity index (χ0) is 71.0. The molecule has 0 amide bonds. The number of hydrogen-bond donors (Lipinski definition) is 1. The van der Waals surface area contributed by atoms with Crippen LogP contribution in [-0.4, -0.2) is 119 Å². The molecule has 2 aromatic carbocycles. The summed E-state index contributed by atoms with van der Waals surface area (Å²) in [6, 6.07) is 14.8. The topological polar surface area (TPSA) is 249 Å². The van der Waals surface area contributed by atoms with Gasteiger partial charge >= 0.3 is 83.0 Å². The van der Waals surface area contributed by atoms with E-state index in [4.69, 9.17) is 48.6 Å².